The van der Waals surface area contributed by atoms with E-state index in [1.807, 2.05) is 6.08 Å². The summed E-state index contributed by atoms with van der Waals surface area (Å²) >= 11 is 7.80. The molecule has 5 rings (SSSR count). The molecule has 4 aromatic heterocycles. The van der Waals surface area contributed by atoms with E-state index in [-0.39, 0.29) is 16.4 Å². The first-order valence-electron chi connectivity index (χ1n) is 9.01. The van der Waals surface area contributed by atoms with Crippen LogP contribution in [0.2, 0.25) is 5.15 Å². The Morgan fingerprint density at radius 3 is 2.81 bits per heavy atom. The van der Waals surface area contributed by atoms with E-state index in [0.717, 1.165) is 20.9 Å². The minimum Gasteiger partial charge on any atom is -0.472 e. The number of nitrogens with zero attached hydrogens (tertiary/aromatic N) is 4. The molecule has 0 radical (unpaired) electrons. The maximum absolute atomic E-state index is 13.8. The number of amides is 1. The molecule has 0 aliphatic carbocycles. The third-order valence-electron chi connectivity index (χ3n) is 4.98. The number of rotatable bonds is 3. The van der Waals surface area contributed by atoms with Crippen molar-refractivity contribution >= 4 is 40.1 Å². The molecule has 0 spiro atoms. The quantitative estimate of drug-likeness (QED) is 0.415. The van der Waals surface area contributed by atoms with Gasteiger partial charge in [-0.3, -0.25) is 14.2 Å². The molecule has 1 amide bonds. The first-order chi connectivity index (χ1) is 14.8. The molecule has 1 aliphatic heterocycles. The lowest BCUT2D eigenvalue weighted by Crippen LogP contribution is -2.29. The number of aromatic nitrogens is 3. The molecule has 0 aromatic carbocycles. The van der Waals surface area contributed by atoms with Gasteiger partial charge < -0.3 is 9.32 Å². The van der Waals surface area contributed by atoms with Crippen LogP contribution in [0.1, 0.15) is 20.9 Å². The van der Waals surface area contributed by atoms with Gasteiger partial charge in [-0.15, -0.1) is 11.3 Å². The van der Waals surface area contributed by atoms with Gasteiger partial charge in [0.15, 0.2) is 11.3 Å². The molecular formula is C20H12ClF3N4O2S. The summed E-state index contributed by atoms with van der Waals surface area (Å²) in [6, 6.07) is 2.51. The third kappa shape index (κ3) is 3.41. The van der Waals surface area contributed by atoms with Gasteiger partial charge in [0.25, 0.3) is 5.91 Å². The zero-order valence-electron chi connectivity index (χ0n) is 15.6. The van der Waals surface area contributed by atoms with Gasteiger partial charge in [0.05, 0.1) is 28.5 Å². The highest BCUT2D eigenvalue weighted by atomic mass is 35.5. The zero-order valence-corrected chi connectivity index (χ0v) is 17.1. The molecule has 158 valence electrons. The first-order valence-corrected chi connectivity index (χ1v) is 10.3. The fourth-order valence-corrected chi connectivity index (χ4v) is 4.37. The van der Waals surface area contributed by atoms with Gasteiger partial charge in [-0.2, -0.15) is 13.2 Å². The van der Waals surface area contributed by atoms with Crippen LogP contribution in [0.15, 0.2) is 53.1 Å². The second-order valence-corrected chi connectivity index (χ2v) is 8.12. The van der Waals surface area contributed by atoms with Crippen molar-refractivity contribution in [3.63, 3.8) is 0 Å². The monoisotopic (exact) mass is 464 g/mol. The molecule has 0 N–H and O–H groups in total. The lowest BCUT2D eigenvalue weighted by Gasteiger charge is -2.14. The predicted octanol–water partition coefficient (Wildman–Crippen LogP) is 5.26. The van der Waals surface area contributed by atoms with Gasteiger partial charge in [0.1, 0.15) is 5.15 Å². The highest BCUT2D eigenvalue weighted by molar-refractivity contribution is 7.10. The number of thiazole rings is 1. The Morgan fingerprint density at radius 1 is 1.29 bits per heavy atom. The Hall–Kier alpha value is -3.11. The van der Waals surface area contributed by atoms with Crippen LogP contribution in [0, 0.1) is 0 Å². The molecule has 4 aromatic rings. The van der Waals surface area contributed by atoms with Gasteiger partial charge in [-0.05, 0) is 17.7 Å². The number of fused-ring (bicyclic) bond motifs is 1. The number of halogens is 4. The molecule has 0 unspecified atom stereocenters. The van der Waals surface area contributed by atoms with E-state index < -0.39 is 23.3 Å². The second-order valence-electron chi connectivity index (χ2n) is 6.88. The van der Waals surface area contributed by atoms with Crippen molar-refractivity contribution in [2.75, 3.05) is 13.1 Å². The van der Waals surface area contributed by atoms with Crippen LogP contribution in [0.5, 0.6) is 0 Å². The van der Waals surface area contributed by atoms with Crippen molar-refractivity contribution in [1.82, 2.24) is 19.3 Å². The van der Waals surface area contributed by atoms with Gasteiger partial charge >= 0.3 is 6.18 Å². The van der Waals surface area contributed by atoms with Crippen LogP contribution < -0.4 is 0 Å². The number of hydrogen-bond donors (Lipinski definition) is 0. The summed E-state index contributed by atoms with van der Waals surface area (Å²) in [5.41, 5.74) is 1.66. The maximum Gasteiger partial charge on any atom is 0.420 e. The van der Waals surface area contributed by atoms with E-state index in [4.69, 9.17) is 16.0 Å². The fraction of sp³-hybridized carbons (Fsp3) is 0.150. The first kappa shape index (κ1) is 19.8. The molecule has 0 atom stereocenters. The number of furan rings is 1. The van der Waals surface area contributed by atoms with Gasteiger partial charge in [-0.25, -0.2) is 4.98 Å². The molecule has 0 saturated heterocycles. The summed E-state index contributed by atoms with van der Waals surface area (Å²) < 4.78 is 47.4. The molecule has 11 heteroatoms. The zero-order chi connectivity index (χ0) is 21.8. The van der Waals surface area contributed by atoms with Crippen LogP contribution in [-0.4, -0.2) is 38.3 Å². The molecule has 5 heterocycles. The van der Waals surface area contributed by atoms with Crippen LogP contribution in [0.3, 0.4) is 0 Å². The Bertz CT molecular complexity index is 1310. The Kier molecular flexibility index (Phi) is 4.63. The largest absolute Gasteiger partial charge is 0.472 e. The van der Waals surface area contributed by atoms with E-state index in [1.54, 1.807) is 11.7 Å². The van der Waals surface area contributed by atoms with Crippen molar-refractivity contribution < 1.29 is 22.4 Å². The average molecular weight is 465 g/mol. The molecule has 0 saturated carbocycles. The lowest BCUT2D eigenvalue weighted by atomic mass is 10.1. The van der Waals surface area contributed by atoms with E-state index in [0.29, 0.717) is 18.7 Å². The molecule has 0 fully saturated rings. The number of hydrogen-bond acceptors (Lipinski definition) is 5. The maximum atomic E-state index is 13.8. The lowest BCUT2D eigenvalue weighted by molar-refractivity contribution is -0.136. The van der Waals surface area contributed by atoms with Gasteiger partial charge in [-0.1, -0.05) is 17.7 Å². The smallest absolute Gasteiger partial charge is 0.420 e. The van der Waals surface area contributed by atoms with Gasteiger partial charge in [0, 0.05) is 36.6 Å². The molecule has 1 aliphatic rings. The summed E-state index contributed by atoms with van der Waals surface area (Å²) in [6.45, 7) is 0.611. The number of carbonyl (C=O) groups is 1. The Morgan fingerprint density at radius 2 is 2.13 bits per heavy atom. The van der Waals surface area contributed by atoms with Crippen LogP contribution in [-0.2, 0) is 6.18 Å². The highest BCUT2D eigenvalue weighted by Crippen LogP contribution is 2.37. The Balaban J connectivity index is 1.56. The van der Waals surface area contributed by atoms with Crippen molar-refractivity contribution in [1.29, 1.82) is 0 Å². The summed E-state index contributed by atoms with van der Waals surface area (Å²) in [5.74, 6) is -0.539. The van der Waals surface area contributed by atoms with Gasteiger partial charge in [0.2, 0.25) is 0 Å². The van der Waals surface area contributed by atoms with Crippen LogP contribution in [0.4, 0.5) is 13.2 Å². The van der Waals surface area contributed by atoms with Crippen LogP contribution >= 0.6 is 22.9 Å². The normalized spacial score (nSPS) is 14.5. The number of pyridine rings is 1. The number of alkyl halides is 3. The van der Waals surface area contributed by atoms with E-state index in [9.17, 15) is 18.0 Å². The molecular weight excluding hydrogens is 453 g/mol. The standard InChI is InChI=1S/C20H12ClF3N4O2S/c21-17-16(19(29)27-3-1-11(7-27)15-6-25-10-31-15)26-18-14(20(22,23)24)5-13(8-28(17)18)12-2-4-30-9-12/h1-2,4-6,8-10H,3,7H2. The SMILES string of the molecule is O=C(c1nc2c(C(F)(F)F)cc(-c3ccoc3)cn2c1Cl)N1CC=C(c2cncs2)C1. The summed E-state index contributed by atoms with van der Waals surface area (Å²) in [7, 11) is 0. The van der Waals surface area contributed by atoms with Crippen molar-refractivity contribution in [3.8, 4) is 11.1 Å². The van der Waals surface area contributed by atoms with Crippen molar-refractivity contribution in [2.24, 2.45) is 0 Å². The number of imidazole rings is 1. The topological polar surface area (TPSA) is 63.6 Å². The molecule has 31 heavy (non-hydrogen) atoms. The van der Waals surface area contributed by atoms with E-state index >= 15 is 0 Å². The number of carbonyl (C=O) groups excluding carboxylic acids is 1. The summed E-state index contributed by atoms with van der Waals surface area (Å²) in [5, 5.41) is -0.179. The van der Waals surface area contributed by atoms with Crippen LogP contribution in [0.25, 0.3) is 22.3 Å². The summed E-state index contributed by atoms with van der Waals surface area (Å²) in [6.07, 6.45) is 2.99. The van der Waals surface area contributed by atoms with Crippen molar-refractivity contribution in [3.05, 3.63) is 69.9 Å². The minimum absolute atomic E-state index is 0.179. The average Bonchev–Trinajstić information content (AvgIpc) is 3.53. The summed E-state index contributed by atoms with van der Waals surface area (Å²) in [4.78, 5) is 23.5. The highest BCUT2D eigenvalue weighted by Gasteiger charge is 2.37. The second kappa shape index (κ2) is 7.24. The molecule has 0 bridgehead atoms. The van der Waals surface area contributed by atoms with Crippen molar-refractivity contribution in [2.45, 2.75) is 6.18 Å². The van der Waals surface area contributed by atoms with E-state index in [1.165, 1.54) is 41.0 Å². The fourth-order valence-electron chi connectivity index (χ4n) is 3.46. The van der Waals surface area contributed by atoms with E-state index in [2.05, 4.69) is 9.97 Å². The third-order valence-corrected chi connectivity index (χ3v) is 6.19. The predicted molar refractivity (Wildman–Crippen MR) is 109 cm³/mol. The minimum atomic E-state index is -4.69. The molecule has 6 nitrogen and oxygen atoms in total. The Labute approximate surface area is 182 Å².